The Balaban J connectivity index is 1.95. The molecule has 0 aliphatic heterocycles. The van der Waals surface area contributed by atoms with Gasteiger partial charge in [-0.3, -0.25) is 0 Å². The van der Waals surface area contributed by atoms with E-state index in [4.69, 9.17) is 9.47 Å². The number of aromatic nitrogens is 4. The second-order valence-corrected chi connectivity index (χ2v) is 4.73. The van der Waals surface area contributed by atoms with Crippen molar-refractivity contribution in [2.75, 3.05) is 26.1 Å². The van der Waals surface area contributed by atoms with E-state index in [2.05, 4.69) is 25.3 Å². The van der Waals surface area contributed by atoms with E-state index in [0.717, 1.165) is 17.1 Å². The maximum atomic E-state index is 4.97. The van der Waals surface area contributed by atoms with E-state index in [9.17, 15) is 0 Å². The zero-order valence-corrected chi connectivity index (χ0v) is 11.8. The van der Waals surface area contributed by atoms with Crippen molar-refractivity contribution < 1.29 is 9.47 Å². The average Bonchev–Trinajstić information content (AvgIpc) is 2.84. The van der Waals surface area contributed by atoms with E-state index in [1.165, 1.54) is 14.2 Å². The fourth-order valence-electron chi connectivity index (χ4n) is 1.43. The molecule has 19 heavy (non-hydrogen) atoms. The number of methoxy groups -OCH3 is 2. The summed E-state index contributed by atoms with van der Waals surface area (Å²) >= 11 is 1.64. The number of rotatable bonds is 6. The molecule has 0 radical (unpaired) electrons. The van der Waals surface area contributed by atoms with E-state index in [1.54, 1.807) is 11.3 Å². The number of ether oxygens (including phenoxy) is 2. The summed E-state index contributed by atoms with van der Waals surface area (Å²) in [6.07, 6.45) is 0.806. The maximum absolute atomic E-state index is 4.97. The Kier molecular flexibility index (Phi) is 4.45. The molecule has 0 aromatic carbocycles. The van der Waals surface area contributed by atoms with Gasteiger partial charge in [0.1, 0.15) is 0 Å². The third-order valence-electron chi connectivity index (χ3n) is 2.29. The molecule has 0 amide bonds. The molecular weight excluding hydrogens is 266 g/mol. The molecule has 0 saturated heterocycles. The Hall–Kier alpha value is -1.96. The number of nitrogens with zero attached hydrogens (tertiary/aromatic N) is 4. The zero-order chi connectivity index (χ0) is 13.7. The molecule has 102 valence electrons. The van der Waals surface area contributed by atoms with Crippen LogP contribution in [0.3, 0.4) is 0 Å². The van der Waals surface area contributed by atoms with Gasteiger partial charge in [0.25, 0.3) is 0 Å². The normalized spacial score (nSPS) is 10.3. The first-order chi connectivity index (χ1) is 9.21. The van der Waals surface area contributed by atoms with Gasteiger partial charge in [0.2, 0.25) is 5.95 Å². The Morgan fingerprint density at radius 1 is 1.11 bits per heavy atom. The summed E-state index contributed by atoms with van der Waals surface area (Å²) in [7, 11) is 2.99. The Bertz CT molecular complexity index is 523. The van der Waals surface area contributed by atoms with Crippen molar-refractivity contribution in [1.29, 1.82) is 0 Å². The Labute approximate surface area is 115 Å². The first-order valence-corrected chi connectivity index (χ1v) is 6.58. The fraction of sp³-hybridized carbons (Fsp3) is 0.455. The summed E-state index contributed by atoms with van der Waals surface area (Å²) in [4.78, 5) is 16.5. The van der Waals surface area contributed by atoms with Crippen molar-refractivity contribution >= 4 is 17.3 Å². The van der Waals surface area contributed by atoms with Crippen LogP contribution >= 0.6 is 11.3 Å². The topological polar surface area (TPSA) is 82.0 Å². The first kappa shape index (κ1) is 13.5. The van der Waals surface area contributed by atoms with Crippen molar-refractivity contribution in [2.24, 2.45) is 0 Å². The number of hydrogen-bond acceptors (Lipinski definition) is 8. The van der Waals surface area contributed by atoms with E-state index < -0.39 is 0 Å². The van der Waals surface area contributed by atoms with Gasteiger partial charge in [0.15, 0.2) is 0 Å². The van der Waals surface area contributed by atoms with Crippen LogP contribution in [0.2, 0.25) is 0 Å². The lowest BCUT2D eigenvalue weighted by Gasteiger charge is -2.06. The van der Waals surface area contributed by atoms with Crippen LogP contribution in [-0.2, 0) is 6.42 Å². The van der Waals surface area contributed by atoms with Crippen molar-refractivity contribution in [1.82, 2.24) is 19.9 Å². The van der Waals surface area contributed by atoms with Crippen LogP contribution in [0.25, 0.3) is 0 Å². The smallest absolute Gasteiger partial charge is 0.324 e. The fourth-order valence-corrected chi connectivity index (χ4v) is 2.07. The second-order valence-electron chi connectivity index (χ2n) is 3.67. The predicted octanol–water partition coefficient (Wildman–Crippen LogP) is 1.31. The number of thiazole rings is 1. The van der Waals surface area contributed by atoms with Crippen LogP contribution in [0.15, 0.2) is 5.38 Å². The largest absolute Gasteiger partial charge is 0.467 e. The van der Waals surface area contributed by atoms with E-state index in [-0.39, 0.29) is 12.0 Å². The quantitative estimate of drug-likeness (QED) is 0.854. The molecule has 0 saturated carbocycles. The van der Waals surface area contributed by atoms with Gasteiger partial charge in [-0.15, -0.1) is 16.3 Å². The van der Waals surface area contributed by atoms with Crippen LogP contribution in [-0.4, -0.2) is 40.7 Å². The zero-order valence-electron chi connectivity index (χ0n) is 11.0. The molecule has 0 spiro atoms. The minimum absolute atomic E-state index is 0.221. The van der Waals surface area contributed by atoms with Crippen molar-refractivity contribution in [3.05, 3.63) is 16.1 Å². The summed E-state index contributed by atoms with van der Waals surface area (Å²) < 4.78 is 9.94. The van der Waals surface area contributed by atoms with Crippen LogP contribution < -0.4 is 14.8 Å². The van der Waals surface area contributed by atoms with Gasteiger partial charge in [0.05, 0.1) is 24.9 Å². The van der Waals surface area contributed by atoms with Crippen molar-refractivity contribution in [3.8, 4) is 12.0 Å². The molecule has 0 fully saturated rings. The highest BCUT2D eigenvalue weighted by atomic mass is 32.1. The number of nitrogens with one attached hydrogen (secondary N) is 1. The second kappa shape index (κ2) is 6.28. The van der Waals surface area contributed by atoms with E-state index in [0.29, 0.717) is 12.5 Å². The van der Waals surface area contributed by atoms with E-state index >= 15 is 0 Å². The highest BCUT2D eigenvalue weighted by Gasteiger charge is 2.06. The molecule has 2 aromatic heterocycles. The predicted molar refractivity (Wildman–Crippen MR) is 72.0 cm³/mol. The minimum atomic E-state index is 0.221. The average molecular weight is 281 g/mol. The lowest BCUT2D eigenvalue weighted by Crippen LogP contribution is -2.10. The molecule has 2 aromatic rings. The van der Waals surface area contributed by atoms with Gasteiger partial charge < -0.3 is 14.8 Å². The standard InChI is InChI=1S/C11H15N5O2S/c1-7-13-8(6-19-7)4-5-12-9-14-10(17-2)16-11(15-9)18-3/h6H,4-5H2,1-3H3,(H,12,14,15,16). The van der Waals surface area contributed by atoms with Crippen LogP contribution in [0.5, 0.6) is 12.0 Å². The molecule has 2 rings (SSSR count). The summed E-state index contributed by atoms with van der Waals surface area (Å²) in [5.74, 6) is 0.427. The molecule has 0 aliphatic carbocycles. The molecule has 2 heterocycles. The van der Waals surface area contributed by atoms with E-state index in [1.807, 2.05) is 12.3 Å². The van der Waals surface area contributed by atoms with Gasteiger partial charge in [-0.05, 0) is 6.92 Å². The number of hydrogen-bond donors (Lipinski definition) is 1. The molecule has 7 nitrogen and oxygen atoms in total. The lowest BCUT2D eigenvalue weighted by molar-refractivity contribution is 0.341. The van der Waals surface area contributed by atoms with Gasteiger partial charge in [-0.1, -0.05) is 0 Å². The van der Waals surface area contributed by atoms with Gasteiger partial charge in [-0.25, -0.2) is 4.98 Å². The molecule has 0 atom stereocenters. The molecule has 0 aliphatic rings. The Morgan fingerprint density at radius 2 is 1.79 bits per heavy atom. The van der Waals surface area contributed by atoms with Gasteiger partial charge >= 0.3 is 12.0 Å². The summed E-state index contributed by atoms with van der Waals surface area (Å²) in [6, 6.07) is 0.442. The summed E-state index contributed by atoms with van der Waals surface area (Å²) in [5, 5.41) is 6.21. The molecule has 0 bridgehead atoms. The maximum Gasteiger partial charge on any atom is 0.324 e. The van der Waals surface area contributed by atoms with Crippen molar-refractivity contribution in [2.45, 2.75) is 13.3 Å². The monoisotopic (exact) mass is 281 g/mol. The van der Waals surface area contributed by atoms with Gasteiger partial charge in [-0.2, -0.15) is 9.97 Å². The Morgan fingerprint density at radius 3 is 2.32 bits per heavy atom. The summed E-state index contributed by atoms with van der Waals surface area (Å²) in [5.41, 5.74) is 1.06. The first-order valence-electron chi connectivity index (χ1n) is 5.70. The number of anilines is 1. The van der Waals surface area contributed by atoms with Crippen LogP contribution in [0.4, 0.5) is 5.95 Å². The SMILES string of the molecule is COc1nc(NCCc2csc(C)n2)nc(OC)n1. The molecule has 0 unspecified atom stereocenters. The van der Waals surface area contributed by atoms with Crippen LogP contribution in [0, 0.1) is 6.92 Å². The number of aryl methyl sites for hydroxylation is 1. The highest BCUT2D eigenvalue weighted by Crippen LogP contribution is 2.12. The molecule has 1 N–H and O–H groups in total. The third-order valence-corrected chi connectivity index (χ3v) is 3.11. The van der Waals surface area contributed by atoms with Crippen LogP contribution in [0.1, 0.15) is 10.7 Å². The van der Waals surface area contributed by atoms with Crippen molar-refractivity contribution in [3.63, 3.8) is 0 Å². The summed E-state index contributed by atoms with van der Waals surface area (Å²) in [6.45, 7) is 2.67. The molecular formula is C11H15N5O2S. The molecule has 8 heteroatoms. The third kappa shape index (κ3) is 3.75. The van der Waals surface area contributed by atoms with Gasteiger partial charge in [0, 0.05) is 18.3 Å². The minimum Gasteiger partial charge on any atom is -0.467 e. The highest BCUT2D eigenvalue weighted by molar-refractivity contribution is 7.09. The lowest BCUT2D eigenvalue weighted by atomic mass is 10.3.